The topological polar surface area (TPSA) is 15.3 Å². The molecule has 1 aliphatic heterocycles. The van der Waals surface area contributed by atoms with E-state index < -0.39 is 0 Å². The normalized spacial score (nSPS) is 19.4. The van der Waals surface area contributed by atoms with Crippen molar-refractivity contribution in [3.05, 3.63) is 35.4 Å². The maximum absolute atomic E-state index is 3.75. The molecule has 21 heavy (non-hydrogen) atoms. The van der Waals surface area contributed by atoms with Gasteiger partial charge in [-0.2, -0.15) is 0 Å². The molecule has 2 unspecified atom stereocenters. The van der Waals surface area contributed by atoms with Crippen LogP contribution in [-0.2, 0) is 6.42 Å². The lowest BCUT2D eigenvalue weighted by atomic mass is 10.0. The number of aryl methyl sites for hydroxylation is 1. The molecule has 2 nitrogen and oxygen atoms in total. The first-order valence-corrected chi connectivity index (χ1v) is 8.76. The molecule has 2 atom stereocenters. The third kappa shape index (κ3) is 5.44. The second-order valence-corrected chi connectivity index (χ2v) is 6.64. The summed E-state index contributed by atoms with van der Waals surface area (Å²) in [5.41, 5.74) is 2.86. The zero-order valence-corrected chi connectivity index (χ0v) is 14.1. The van der Waals surface area contributed by atoms with Crippen molar-refractivity contribution >= 4 is 0 Å². The molecule has 0 aliphatic carbocycles. The lowest BCUT2D eigenvalue weighted by Gasteiger charge is -2.30. The van der Waals surface area contributed by atoms with Crippen LogP contribution in [0.15, 0.2) is 24.3 Å². The van der Waals surface area contributed by atoms with Crippen LogP contribution < -0.4 is 5.32 Å². The fourth-order valence-electron chi connectivity index (χ4n) is 3.37. The van der Waals surface area contributed by atoms with Gasteiger partial charge in [-0.05, 0) is 57.3 Å². The highest BCUT2D eigenvalue weighted by Crippen LogP contribution is 2.16. The van der Waals surface area contributed by atoms with Gasteiger partial charge < -0.3 is 10.2 Å². The minimum atomic E-state index is 0.431. The summed E-state index contributed by atoms with van der Waals surface area (Å²) < 4.78 is 0. The van der Waals surface area contributed by atoms with Gasteiger partial charge in [-0.25, -0.2) is 0 Å². The van der Waals surface area contributed by atoms with Crippen LogP contribution >= 0.6 is 0 Å². The molecule has 0 saturated carbocycles. The van der Waals surface area contributed by atoms with Gasteiger partial charge in [0.2, 0.25) is 0 Å². The van der Waals surface area contributed by atoms with Gasteiger partial charge in [0.05, 0.1) is 0 Å². The SMILES string of the molecule is CCCc1ccc(C(C)NC(C)CN2CCCCC2)cc1. The van der Waals surface area contributed by atoms with Gasteiger partial charge in [0.25, 0.3) is 0 Å². The van der Waals surface area contributed by atoms with Crippen molar-refractivity contribution in [2.24, 2.45) is 0 Å². The first-order chi connectivity index (χ1) is 10.2. The summed E-state index contributed by atoms with van der Waals surface area (Å²) in [4.78, 5) is 2.61. The third-order valence-electron chi connectivity index (χ3n) is 4.53. The van der Waals surface area contributed by atoms with Crippen LogP contribution in [0.4, 0.5) is 0 Å². The van der Waals surface area contributed by atoms with Crippen molar-refractivity contribution in [2.45, 2.75) is 65.0 Å². The Morgan fingerprint density at radius 3 is 2.33 bits per heavy atom. The summed E-state index contributed by atoms with van der Waals surface area (Å²) in [6.45, 7) is 10.6. The minimum absolute atomic E-state index is 0.431. The van der Waals surface area contributed by atoms with Crippen molar-refractivity contribution in [3.63, 3.8) is 0 Å². The smallest absolute Gasteiger partial charge is 0.0294 e. The molecular formula is C19H32N2. The van der Waals surface area contributed by atoms with Crippen LogP contribution in [0.3, 0.4) is 0 Å². The predicted molar refractivity (Wildman–Crippen MR) is 91.7 cm³/mol. The van der Waals surface area contributed by atoms with E-state index in [0.717, 1.165) is 0 Å². The van der Waals surface area contributed by atoms with E-state index in [9.17, 15) is 0 Å². The number of nitrogens with one attached hydrogen (secondary N) is 1. The summed E-state index contributed by atoms with van der Waals surface area (Å²) >= 11 is 0. The predicted octanol–water partition coefficient (Wildman–Crippen LogP) is 4.16. The van der Waals surface area contributed by atoms with Crippen LogP contribution in [0.1, 0.15) is 63.6 Å². The highest BCUT2D eigenvalue weighted by Gasteiger charge is 2.15. The van der Waals surface area contributed by atoms with E-state index in [4.69, 9.17) is 0 Å². The molecule has 1 aromatic rings. The van der Waals surface area contributed by atoms with Gasteiger partial charge >= 0.3 is 0 Å². The average Bonchev–Trinajstić information content (AvgIpc) is 2.49. The monoisotopic (exact) mass is 288 g/mol. The van der Waals surface area contributed by atoms with Gasteiger partial charge in [-0.3, -0.25) is 0 Å². The fraction of sp³-hybridized carbons (Fsp3) is 0.684. The molecule has 0 amide bonds. The maximum Gasteiger partial charge on any atom is 0.0294 e. The molecule has 0 bridgehead atoms. The van der Waals surface area contributed by atoms with Crippen LogP contribution in [0.2, 0.25) is 0 Å². The number of hydrogen-bond acceptors (Lipinski definition) is 2. The van der Waals surface area contributed by atoms with E-state index in [-0.39, 0.29) is 0 Å². The van der Waals surface area contributed by atoms with E-state index >= 15 is 0 Å². The summed E-state index contributed by atoms with van der Waals surface area (Å²) in [6.07, 6.45) is 6.58. The molecule has 0 aromatic heterocycles. The Bertz CT molecular complexity index is 393. The van der Waals surface area contributed by atoms with E-state index in [1.54, 1.807) is 0 Å². The van der Waals surface area contributed by atoms with E-state index in [1.165, 1.54) is 62.9 Å². The standard InChI is InChI=1S/C19H32N2/c1-4-8-18-9-11-19(12-10-18)17(3)20-16(2)15-21-13-6-5-7-14-21/h9-12,16-17,20H,4-8,13-15H2,1-3H3. The molecule has 1 saturated heterocycles. The Hall–Kier alpha value is -0.860. The van der Waals surface area contributed by atoms with Crippen molar-refractivity contribution in [3.8, 4) is 0 Å². The molecule has 1 fully saturated rings. The van der Waals surface area contributed by atoms with Gasteiger partial charge in [0, 0.05) is 18.6 Å². The molecule has 1 aromatic carbocycles. The van der Waals surface area contributed by atoms with Gasteiger partial charge in [0.1, 0.15) is 0 Å². The first-order valence-electron chi connectivity index (χ1n) is 8.76. The van der Waals surface area contributed by atoms with Crippen LogP contribution in [-0.4, -0.2) is 30.6 Å². The number of rotatable bonds is 7. The number of likely N-dealkylation sites (tertiary alicyclic amines) is 1. The zero-order chi connectivity index (χ0) is 15.1. The zero-order valence-electron chi connectivity index (χ0n) is 14.1. The van der Waals surface area contributed by atoms with Crippen LogP contribution in [0, 0.1) is 0 Å². The molecule has 2 heteroatoms. The summed E-state index contributed by atoms with van der Waals surface area (Å²) in [6, 6.07) is 10.1. The fourth-order valence-corrected chi connectivity index (χ4v) is 3.37. The Morgan fingerprint density at radius 1 is 1.05 bits per heavy atom. The quantitative estimate of drug-likeness (QED) is 0.810. The Labute approximate surface area is 130 Å². The molecule has 0 spiro atoms. The second-order valence-electron chi connectivity index (χ2n) is 6.64. The number of nitrogens with zero attached hydrogens (tertiary/aromatic N) is 1. The van der Waals surface area contributed by atoms with E-state index in [2.05, 4.69) is 55.3 Å². The average molecular weight is 288 g/mol. The second kappa shape index (κ2) is 8.55. The minimum Gasteiger partial charge on any atom is -0.306 e. The molecule has 1 aliphatic rings. The van der Waals surface area contributed by atoms with E-state index in [0.29, 0.717) is 12.1 Å². The number of hydrogen-bond donors (Lipinski definition) is 1. The molecule has 0 radical (unpaired) electrons. The third-order valence-corrected chi connectivity index (χ3v) is 4.53. The van der Waals surface area contributed by atoms with Crippen molar-refractivity contribution in [2.75, 3.05) is 19.6 Å². The highest BCUT2D eigenvalue weighted by molar-refractivity contribution is 5.24. The van der Waals surface area contributed by atoms with E-state index in [1.807, 2.05) is 0 Å². The van der Waals surface area contributed by atoms with Crippen molar-refractivity contribution < 1.29 is 0 Å². The molecular weight excluding hydrogens is 256 g/mol. The number of benzene rings is 1. The van der Waals surface area contributed by atoms with Crippen LogP contribution in [0.5, 0.6) is 0 Å². The Kier molecular flexibility index (Phi) is 6.72. The van der Waals surface area contributed by atoms with Gasteiger partial charge in [-0.15, -0.1) is 0 Å². The maximum atomic E-state index is 3.75. The van der Waals surface area contributed by atoms with Crippen molar-refractivity contribution in [1.82, 2.24) is 10.2 Å². The lowest BCUT2D eigenvalue weighted by molar-refractivity contribution is 0.205. The number of piperidine rings is 1. The molecule has 118 valence electrons. The largest absolute Gasteiger partial charge is 0.306 e. The van der Waals surface area contributed by atoms with Gasteiger partial charge in [0.15, 0.2) is 0 Å². The lowest BCUT2D eigenvalue weighted by Crippen LogP contribution is -2.42. The summed E-state index contributed by atoms with van der Waals surface area (Å²) in [5.74, 6) is 0. The molecule has 1 N–H and O–H groups in total. The molecule has 2 rings (SSSR count). The highest BCUT2D eigenvalue weighted by atomic mass is 15.2. The summed E-state index contributed by atoms with van der Waals surface area (Å²) in [7, 11) is 0. The molecule has 1 heterocycles. The van der Waals surface area contributed by atoms with Gasteiger partial charge in [-0.1, -0.05) is 44.0 Å². The Balaban J connectivity index is 1.80. The Morgan fingerprint density at radius 2 is 1.71 bits per heavy atom. The first kappa shape index (κ1) is 16.5. The summed E-state index contributed by atoms with van der Waals surface area (Å²) in [5, 5.41) is 3.75. The van der Waals surface area contributed by atoms with Crippen molar-refractivity contribution in [1.29, 1.82) is 0 Å². The van der Waals surface area contributed by atoms with Crippen LogP contribution in [0.25, 0.3) is 0 Å².